The molecule has 2 rings (SSSR count). The van der Waals surface area contributed by atoms with Crippen LogP contribution in [0.25, 0.3) is 0 Å². The van der Waals surface area contributed by atoms with Gasteiger partial charge >= 0.3 is 0 Å². The van der Waals surface area contributed by atoms with Crippen LogP contribution in [0.2, 0.25) is 0 Å². The highest BCUT2D eigenvalue weighted by Gasteiger charge is 2.28. The van der Waals surface area contributed by atoms with Gasteiger partial charge in [0.15, 0.2) is 6.10 Å². The average Bonchev–Trinajstić information content (AvgIpc) is 2.26. The summed E-state index contributed by atoms with van der Waals surface area (Å²) in [5.41, 5.74) is 1.99. The molecular formula is C12H16N2O2. The van der Waals surface area contributed by atoms with Gasteiger partial charge in [-0.2, -0.15) is 0 Å². The molecule has 86 valence electrons. The fourth-order valence-electron chi connectivity index (χ4n) is 1.88. The maximum absolute atomic E-state index is 11.7. The smallest absolute Gasteiger partial charge is 0.267 e. The van der Waals surface area contributed by atoms with Crippen LogP contribution in [0.4, 0.5) is 5.69 Å². The van der Waals surface area contributed by atoms with E-state index in [4.69, 9.17) is 4.74 Å². The molecule has 1 heterocycles. The Hall–Kier alpha value is -1.55. The quantitative estimate of drug-likeness (QED) is 0.813. The molecule has 0 fully saturated rings. The maximum atomic E-state index is 11.7. The molecular weight excluding hydrogens is 204 g/mol. The lowest BCUT2D eigenvalue weighted by atomic mass is 10.1. The first kappa shape index (κ1) is 11.0. The lowest BCUT2D eigenvalue weighted by molar-refractivity contribution is -0.125. The number of likely N-dealkylation sites (N-methyl/N-ethyl adjacent to an activating group) is 1. The molecule has 1 aromatic carbocycles. The van der Waals surface area contributed by atoms with Crippen molar-refractivity contribution in [1.82, 2.24) is 5.32 Å². The predicted molar refractivity (Wildman–Crippen MR) is 62.7 cm³/mol. The number of carbonyl (C=O) groups excluding carboxylic acids is 1. The largest absolute Gasteiger partial charge is 0.479 e. The van der Waals surface area contributed by atoms with Crippen molar-refractivity contribution in [2.24, 2.45) is 0 Å². The van der Waals surface area contributed by atoms with Crippen molar-refractivity contribution in [2.75, 3.05) is 19.0 Å². The second kappa shape index (κ2) is 4.14. The number of ether oxygens (including phenoxy) is 1. The van der Waals surface area contributed by atoms with Gasteiger partial charge in [0, 0.05) is 13.6 Å². The van der Waals surface area contributed by atoms with Crippen molar-refractivity contribution in [3.8, 4) is 5.75 Å². The van der Waals surface area contributed by atoms with Gasteiger partial charge in [0.05, 0.1) is 5.69 Å². The Balaban J connectivity index is 2.37. The van der Waals surface area contributed by atoms with Gasteiger partial charge in [0.25, 0.3) is 5.91 Å². The summed E-state index contributed by atoms with van der Waals surface area (Å²) in [5, 5.41) is 3.09. The molecule has 1 unspecified atom stereocenters. The highest BCUT2D eigenvalue weighted by molar-refractivity contribution is 5.99. The first-order valence-electron chi connectivity index (χ1n) is 5.35. The summed E-state index contributed by atoms with van der Waals surface area (Å²) in [6, 6.07) is 5.90. The third kappa shape index (κ3) is 1.76. The van der Waals surface area contributed by atoms with Crippen molar-refractivity contribution in [1.29, 1.82) is 0 Å². The zero-order valence-corrected chi connectivity index (χ0v) is 9.78. The van der Waals surface area contributed by atoms with Crippen molar-refractivity contribution >= 4 is 11.6 Å². The van der Waals surface area contributed by atoms with E-state index in [0.29, 0.717) is 0 Å². The van der Waals surface area contributed by atoms with Crippen LogP contribution >= 0.6 is 0 Å². The van der Waals surface area contributed by atoms with E-state index >= 15 is 0 Å². The number of hydrogen-bond acceptors (Lipinski definition) is 3. The molecule has 0 saturated heterocycles. The van der Waals surface area contributed by atoms with Crippen LogP contribution in [-0.2, 0) is 11.3 Å². The normalized spacial score (nSPS) is 19.3. The van der Waals surface area contributed by atoms with Crippen LogP contribution in [0, 0.1) is 0 Å². The number of anilines is 1. The lowest BCUT2D eigenvalue weighted by Gasteiger charge is -2.30. The van der Waals surface area contributed by atoms with E-state index in [-0.39, 0.29) is 5.91 Å². The number of nitrogens with zero attached hydrogens (tertiary/aromatic N) is 1. The third-order valence-corrected chi connectivity index (χ3v) is 2.75. The molecule has 16 heavy (non-hydrogen) atoms. The van der Waals surface area contributed by atoms with Crippen LogP contribution in [-0.4, -0.2) is 26.1 Å². The minimum Gasteiger partial charge on any atom is -0.479 e. The summed E-state index contributed by atoms with van der Waals surface area (Å²) >= 11 is 0. The Morgan fingerprint density at radius 3 is 2.94 bits per heavy atom. The molecule has 0 aliphatic carbocycles. The molecule has 0 saturated carbocycles. The molecule has 4 nitrogen and oxygen atoms in total. The Morgan fingerprint density at radius 2 is 2.25 bits per heavy atom. The van der Waals surface area contributed by atoms with E-state index in [1.54, 1.807) is 18.9 Å². The van der Waals surface area contributed by atoms with Gasteiger partial charge in [-0.1, -0.05) is 6.07 Å². The summed E-state index contributed by atoms with van der Waals surface area (Å²) in [7, 11) is 3.68. The van der Waals surface area contributed by atoms with Gasteiger partial charge in [-0.3, -0.25) is 4.79 Å². The lowest BCUT2D eigenvalue weighted by Crippen LogP contribution is -2.42. The molecule has 4 heteroatoms. The highest BCUT2D eigenvalue weighted by atomic mass is 16.5. The molecule has 1 atom stereocenters. The van der Waals surface area contributed by atoms with Gasteiger partial charge in [-0.25, -0.2) is 0 Å². The van der Waals surface area contributed by atoms with Gasteiger partial charge in [-0.05, 0) is 31.7 Å². The summed E-state index contributed by atoms with van der Waals surface area (Å²) in [4.78, 5) is 13.3. The number of carbonyl (C=O) groups is 1. The Kier molecular flexibility index (Phi) is 2.83. The number of amides is 1. The predicted octanol–water partition coefficient (Wildman–Crippen LogP) is 1.15. The van der Waals surface area contributed by atoms with Gasteiger partial charge in [0.2, 0.25) is 0 Å². The molecule has 1 amide bonds. The van der Waals surface area contributed by atoms with E-state index in [1.165, 1.54) is 0 Å². The van der Waals surface area contributed by atoms with Crippen molar-refractivity contribution in [3.05, 3.63) is 23.8 Å². The fourth-order valence-corrected chi connectivity index (χ4v) is 1.88. The molecule has 0 aromatic heterocycles. The van der Waals surface area contributed by atoms with Crippen molar-refractivity contribution < 1.29 is 9.53 Å². The number of benzene rings is 1. The van der Waals surface area contributed by atoms with Gasteiger partial charge in [0.1, 0.15) is 5.75 Å². The third-order valence-electron chi connectivity index (χ3n) is 2.75. The average molecular weight is 220 g/mol. The van der Waals surface area contributed by atoms with E-state index in [0.717, 1.165) is 23.5 Å². The Labute approximate surface area is 95.2 Å². The molecule has 1 aliphatic rings. The summed E-state index contributed by atoms with van der Waals surface area (Å²) in [6.07, 6.45) is -0.401. The minimum atomic E-state index is -0.401. The fraction of sp³-hybridized carbons (Fsp3) is 0.417. The summed E-state index contributed by atoms with van der Waals surface area (Å²) in [5.74, 6) is 0.774. The number of fused-ring (bicyclic) bond motifs is 1. The van der Waals surface area contributed by atoms with Crippen LogP contribution in [0.1, 0.15) is 12.5 Å². The topological polar surface area (TPSA) is 41.6 Å². The van der Waals surface area contributed by atoms with E-state index in [1.807, 2.05) is 25.2 Å². The standard InChI is InChI=1S/C12H16N2O2/c1-8-12(15)14(3)10-5-4-9(7-13-2)6-11(10)16-8/h4-6,8,13H,7H2,1-3H3. The maximum Gasteiger partial charge on any atom is 0.267 e. The zero-order valence-electron chi connectivity index (χ0n) is 9.78. The molecule has 1 N–H and O–H groups in total. The number of nitrogens with one attached hydrogen (secondary N) is 1. The molecule has 0 bridgehead atoms. The van der Waals surface area contributed by atoms with E-state index in [9.17, 15) is 4.79 Å². The number of rotatable bonds is 2. The molecule has 1 aliphatic heterocycles. The molecule has 1 aromatic rings. The second-order valence-corrected chi connectivity index (χ2v) is 3.99. The van der Waals surface area contributed by atoms with Crippen molar-refractivity contribution in [3.63, 3.8) is 0 Å². The van der Waals surface area contributed by atoms with Gasteiger partial charge < -0.3 is 15.0 Å². The number of hydrogen-bond donors (Lipinski definition) is 1. The Morgan fingerprint density at radius 1 is 1.50 bits per heavy atom. The van der Waals surface area contributed by atoms with E-state index in [2.05, 4.69) is 5.32 Å². The Bertz CT molecular complexity index is 417. The van der Waals surface area contributed by atoms with Crippen LogP contribution in [0.15, 0.2) is 18.2 Å². The van der Waals surface area contributed by atoms with Gasteiger partial charge in [-0.15, -0.1) is 0 Å². The molecule has 0 spiro atoms. The van der Waals surface area contributed by atoms with Crippen LogP contribution < -0.4 is 15.0 Å². The van der Waals surface area contributed by atoms with Crippen LogP contribution in [0.5, 0.6) is 5.75 Å². The van der Waals surface area contributed by atoms with Crippen molar-refractivity contribution in [2.45, 2.75) is 19.6 Å². The monoisotopic (exact) mass is 220 g/mol. The molecule has 0 radical (unpaired) electrons. The highest BCUT2D eigenvalue weighted by Crippen LogP contribution is 2.33. The first-order chi connectivity index (χ1) is 7.63. The summed E-state index contributed by atoms with van der Waals surface area (Å²) < 4.78 is 5.58. The first-order valence-corrected chi connectivity index (χ1v) is 5.35. The summed E-state index contributed by atoms with van der Waals surface area (Å²) in [6.45, 7) is 2.56. The second-order valence-electron chi connectivity index (χ2n) is 3.99. The minimum absolute atomic E-state index is 0.00568. The SMILES string of the molecule is CNCc1ccc2c(c1)OC(C)C(=O)N2C. The van der Waals surface area contributed by atoms with E-state index < -0.39 is 6.10 Å². The van der Waals surface area contributed by atoms with Crippen LogP contribution in [0.3, 0.4) is 0 Å². The zero-order chi connectivity index (χ0) is 11.7.